The van der Waals surface area contributed by atoms with E-state index in [2.05, 4.69) is 15.3 Å². The van der Waals surface area contributed by atoms with E-state index in [1.54, 1.807) is 24.4 Å². The summed E-state index contributed by atoms with van der Waals surface area (Å²) in [5.41, 5.74) is 2.74. The lowest BCUT2D eigenvalue weighted by Crippen LogP contribution is -2.26. The number of aliphatic hydroxyl groups excluding tert-OH is 1. The molecule has 0 atom stereocenters. The van der Waals surface area contributed by atoms with Gasteiger partial charge in [-0.05, 0) is 35.2 Å². The zero-order valence-electron chi connectivity index (χ0n) is 13.8. The third kappa shape index (κ3) is 2.96. The fourth-order valence-electron chi connectivity index (χ4n) is 2.87. The number of carbonyl (C=O) groups is 1. The van der Waals surface area contributed by atoms with Gasteiger partial charge in [-0.1, -0.05) is 18.2 Å². The Morgan fingerprint density at radius 3 is 2.92 bits per heavy atom. The Morgan fingerprint density at radius 1 is 1.19 bits per heavy atom. The molecule has 3 N–H and O–H groups in total. The van der Waals surface area contributed by atoms with E-state index in [1.165, 1.54) is 10.5 Å². The van der Waals surface area contributed by atoms with Crippen molar-refractivity contribution in [1.29, 1.82) is 0 Å². The van der Waals surface area contributed by atoms with E-state index in [1.807, 2.05) is 24.3 Å². The van der Waals surface area contributed by atoms with Gasteiger partial charge in [-0.3, -0.25) is 14.0 Å². The van der Waals surface area contributed by atoms with Crippen LogP contribution in [0.4, 0.5) is 0 Å². The second kappa shape index (κ2) is 6.45. The monoisotopic (exact) mass is 348 g/mol. The number of nitrogens with zero attached hydrogens (tertiary/aromatic N) is 2. The number of aromatic amines is 1. The predicted octanol–water partition coefficient (Wildman–Crippen LogP) is 1.60. The second-order valence-electron chi connectivity index (χ2n) is 5.97. The maximum atomic E-state index is 12.4. The lowest BCUT2D eigenvalue weighted by atomic mass is 10.1. The zero-order chi connectivity index (χ0) is 18.1. The van der Waals surface area contributed by atoms with Crippen LogP contribution in [0.1, 0.15) is 21.7 Å². The number of aromatic nitrogens is 3. The predicted molar refractivity (Wildman–Crippen MR) is 96.9 cm³/mol. The number of hydrogen-bond donors (Lipinski definition) is 3. The van der Waals surface area contributed by atoms with Gasteiger partial charge in [0.2, 0.25) is 0 Å². The minimum absolute atomic E-state index is 0.0517. The SMILES string of the molecule is O=C(NCc1ccc2cc(CO)[nH]c2c1)c1cc(=O)n2ccccc2n1. The van der Waals surface area contributed by atoms with Gasteiger partial charge in [0.15, 0.2) is 0 Å². The molecule has 26 heavy (non-hydrogen) atoms. The van der Waals surface area contributed by atoms with E-state index in [9.17, 15) is 14.7 Å². The highest BCUT2D eigenvalue weighted by Crippen LogP contribution is 2.17. The Kier molecular flexibility index (Phi) is 3.98. The average molecular weight is 348 g/mol. The molecule has 1 amide bonds. The van der Waals surface area contributed by atoms with Gasteiger partial charge in [0.05, 0.1) is 6.61 Å². The topological polar surface area (TPSA) is 99.5 Å². The van der Waals surface area contributed by atoms with Crippen LogP contribution < -0.4 is 10.9 Å². The molecule has 3 heterocycles. The first-order valence-corrected chi connectivity index (χ1v) is 8.12. The smallest absolute Gasteiger partial charge is 0.270 e. The van der Waals surface area contributed by atoms with E-state index < -0.39 is 5.91 Å². The van der Waals surface area contributed by atoms with Crippen molar-refractivity contribution in [2.24, 2.45) is 0 Å². The Hall–Kier alpha value is -3.45. The number of hydrogen-bond acceptors (Lipinski definition) is 4. The van der Waals surface area contributed by atoms with Gasteiger partial charge < -0.3 is 15.4 Å². The lowest BCUT2D eigenvalue weighted by Gasteiger charge is -2.06. The van der Waals surface area contributed by atoms with Crippen LogP contribution in [0.15, 0.2) is 59.5 Å². The molecule has 0 aliphatic carbocycles. The van der Waals surface area contributed by atoms with E-state index in [4.69, 9.17) is 0 Å². The molecule has 0 radical (unpaired) electrons. The summed E-state index contributed by atoms with van der Waals surface area (Å²) in [6.45, 7) is 0.252. The highest BCUT2D eigenvalue weighted by molar-refractivity contribution is 5.92. The normalized spacial score (nSPS) is 11.1. The number of H-pyrrole nitrogens is 1. The van der Waals surface area contributed by atoms with Gasteiger partial charge in [0.25, 0.3) is 11.5 Å². The van der Waals surface area contributed by atoms with Gasteiger partial charge in [-0.25, -0.2) is 4.98 Å². The molecule has 4 rings (SSSR count). The van der Waals surface area contributed by atoms with Crippen LogP contribution in [-0.4, -0.2) is 25.4 Å². The number of aliphatic hydroxyl groups is 1. The molecule has 0 aliphatic rings. The fourth-order valence-corrected chi connectivity index (χ4v) is 2.87. The number of rotatable bonds is 4. The summed E-state index contributed by atoms with van der Waals surface area (Å²) >= 11 is 0. The van der Waals surface area contributed by atoms with Crippen molar-refractivity contribution in [3.8, 4) is 0 Å². The van der Waals surface area contributed by atoms with Gasteiger partial charge >= 0.3 is 0 Å². The van der Waals surface area contributed by atoms with E-state index >= 15 is 0 Å². The first kappa shape index (κ1) is 16.0. The summed E-state index contributed by atoms with van der Waals surface area (Å²) in [6, 6.07) is 14.0. The Balaban J connectivity index is 1.54. The van der Waals surface area contributed by atoms with Crippen molar-refractivity contribution < 1.29 is 9.90 Å². The van der Waals surface area contributed by atoms with E-state index in [0.717, 1.165) is 22.2 Å². The van der Waals surface area contributed by atoms with Gasteiger partial charge in [0.1, 0.15) is 11.3 Å². The number of benzene rings is 1. The molecule has 0 fully saturated rings. The van der Waals surface area contributed by atoms with E-state index in [0.29, 0.717) is 12.2 Å². The molecular formula is C19H16N4O3. The molecule has 1 aromatic carbocycles. The summed E-state index contributed by atoms with van der Waals surface area (Å²) in [5, 5.41) is 13.0. The van der Waals surface area contributed by atoms with Crippen molar-refractivity contribution in [1.82, 2.24) is 19.7 Å². The molecule has 0 bridgehead atoms. The maximum Gasteiger partial charge on any atom is 0.270 e. The number of fused-ring (bicyclic) bond motifs is 2. The molecule has 4 aromatic rings. The van der Waals surface area contributed by atoms with E-state index in [-0.39, 0.29) is 17.9 Å². The molecule has 0 unspecified atom stereocenters. The summed E-state index contributed by atoms with van der Waals surface area (Å²) in [6.07, 6.45) is 1.61. The standard InChI is InChI=1S/C19H16N4O3/c24-11-14-8-13-5-4-12(7-15(13)21-14)10-20-19(26)16-9-18(25)23-6-2-1-3-17(23)22-16/h1-9,21,24H,10-11H2,(H,20,26). The number of amides is 1. The summed E-state index contributed by atoms with van der Waals surface area (Å²) in [4.78, 5) is 31.8. The number of nitrogens with one attached hydrogen (secondary N) is 2. The second-order valence-corrected chi connectivity index (χ2v) is 5.97. The Labute approximate surface area is 147 Å². The minimum atomic E-state index is -0.406. The first-order chi connectivity index (χ1) is 12.6. The summed E-state index contributed by atoms with van der Waals surface area (Å²) in [5.74, 6) is -0.406. The van der Waals surface area contributed by atoms with Crippen LogP contribution in [0.2, 0.25) is 0 Å². The molecule has 130 valence electrons. The van der Waals surface area contributed by atoms with Crippen molar-refractivity contribution >= 4 is 22.5 Å². The first-order valence-electron chi connectivity index (χ1n) is 8.12. The van der Waals surface area contributed by atoms with Crippen LogP contribution in [0.5, 0.6) is 0 Å². The maximum absolute atomic E-state index is 12.4. The van der Waals surface area contributed by atoms with Crippen molar-refractivity contribution in [3.63, 3.8) is 0 Å². The molecule has 0 aliphatic heterocycles. The Bertz CT molecular complexity index is 1180. The van der Waals surface area contributed by atoms with Crippen molar-refractivity contribution in [2.75, 3.05) is 0 Å². The number of pyridine rings is 1. The molecule has 7 heteroatoms. The largest absolute Gasteiger partial charge is 0.390 e. The van der Waals surface area contributed by atoms with Gasteiger partial charge in [0, 0.05) is 30.0 Å². The highest BCUT2D eigenvalue weighted by Gasteiger charge is 2.10. The molecule has 0 spiro atoms. The van der Waals surface area contributed by atoms with Crippen LogP contribution in [0.25, 0.3) is 16.6 Å². The molecule has 0 saturated heterocycles. The van der Waals surface area contributed by atoms with Crippen LogP contribution in [0, 0.1) is 0 Å². The van der Waals surface area contributed by atoms with Gasteiger partial charge in [-0.15, -0.1) is 0 Å². The molecule has 3 aromatic heterocycles. The van der Waals surface area contributed by atoms with Crippen LogP contribution in [-0.2, 0) is 13.2 Å². The highest BCUT2D eigenvalue weighted by atomic mass is 16.3. The summed E-state index contributed by atoms with van der Waals surface area (Å²) in [7, 11) is 0. The van der Waals surface area contributed by atoms with Crippen molar-refractivity contribution in [2.45, 2.75) is 13.2 Å². The van der Waals surface area contributed by atoms with Crippen LogP contribution >= 0.6 is 0 Å². The third-order valence-corrected chi connectivity index (χ3v) is 4.17. The Morgan fingerprint density at radius 2 is 2.08 bits per heavy atom. The molecule has 0 saturated carbocycles. The van der Waals surface area contributed by atoms with Crippen molar-refractivity contribution in [3.05, 3.63) is 82.0 Å². The lowest BCUT2D eigenvalue weighted by molar-refractivity contribution is 0.0946. The minimum Gasteiger partial charge on any atom is -0.390 e. The van der Waals surface area contributed by atoms with Gasteiger partial charge in [-0.2, -0.15) is 0 Å². The quantitative estimate of drug-likeness (QED) is 0.521. The fraction of sp³-hybridized carbons (Fsp3) is 0.105. The summed E-state index contributed by atoms with van der Waals surface area (Å²) < 4.78 is 1.38. The number of carbonyl (C=O) groups excluding carboxylic acids is 1. The molecular weight excluding hydrogens is 332 g/mol. The average Bonchev–Trinajstić information content (AvgIpc) is 3.08. The van der Waals surface area contributed by atoms with Crippen LogP contribution in [0.3, 0.4) is 0 Å². The third-order valence-electron chi connectivity index (χ3n) is 4.17. The zero-order valence-corrected chi connectivity index (χ0v) is 13.8. The molecule has 7 nitrogen and oxygen atoms in total.